The smallest absolute Gasteiger partial charge is 1.00 e. The van der Waals surface area contributed by atoms with Gasteiger partial charge in [0.05, 0.1) is 0 Å². The molecule has 0 saturated carbocycles. The molecule has 0 aliphatic carbocycles. The Hall–Kier alpha value is 0.884. The quantitative estimate of drug-likeness (QED) is 0.0481. The predicted molar refractivity (Wildman–Crippen MR) is 214 cm³/mol. The van der Waals surface area contributed by atoms with Gasteiger partial charge in [-0.15, -0.1) is 0 Å². The summed E-state index contributed by atoms with van der Waals surface area (Å²) in [6.07, 6.45) is 51.2. The largest absolute Gasteiger partial charge is 1.00 e. The molecular formula is C44H93ClN2OTi. The number of unbranched alkanes of at least 4 members (excludes halogenated alkanes) is 31. The van der Waals surface area contributed by atoms with E-state index in [9.17, 15) is 0 Å². The summed E-state index contributed by atoms with van der Waals surface area (Å²) < 4.78 is 14.4. The van der Waals surface area contributed by atoms with Gasteiger partial charge >= 0.3 is 223 Å². The van der Waals surface area contributed by atoms with E-state index in [2.05, 4.69) is 35.3 Å². The second-order valence-electron chi connectivity index (χ2n) is 15.5. The molecule has 0 amide bonds. The fourth-order valence-corrected chi connectivity index (χ4v) is 9.42. The van der Waals surface area contributed by atoms with Crippen LogP contribution >= 0.6 is 0 Å². The maximum Gasteiger partial charge on any atom is -1.00 e. The summed E-state index contributed by atoms with van der Waals surface area (Å²) in [5, 5.41) is 0. The van der Waals surface area contributed by atoms with Crippen molar-refractivity contribution in [3.8, 4) is 0 Å². The first kappa shape index (κ1) is 52.0. The summed E-state index contributed by atoms with van der Waals surface area (Å²) in [6.45, 7) is 12.5. The molecule has 0 aromatic rings. The monoisotopic (exact) mass is 749 g/mol. The molecule has 0 rings (SSSR count). The third-order valence-electron chi connectivity index (χ3n) is 10.6. The average molecular weight is 750 g/mol. The minimum absolute atomic E-state index is 0. The Morgan fingerprint density at radius 1 is 0.367 bits per heavy atom. The van der Waals surface area contributed by atoms with Gasteiger partial charge in [0.15, 0.2) is 0 Å². The van der Waals surface area contributed by atoms with Crippen molar-refractivity contribution in [1.29, 1.82) is 0 Å². The zero-order valence-electron chi connectivity index (χ0n) is 34.4. The number of hydrogen-bond acceptors (Lipinski definition) is 3. The van der Waals surface area contributed by atoms with E-state index in [1.807, 2.05) is 0 Å². The van der Waals surface area contributed by atoms with Gasteiger partial charge in [-0.2, -0.15) is 0 Å². The first-order valence-corrected chi connectivity index (χ1v) is 25.0. The van der Waals surface area contributed by atoms with Crippen molar-refractivity contribution in [2.45, 2.75) is 259 Å². The Morgan fingerprint density at radius 2 is 0.633 bits per heavy atom. The van der Waals surface area contributed by atoms with Crippen molar-refractivity contribution in [2.24, 2.45) is 5.92 Å². The van der Waals surface area contributed by atoms with Gasteiger partial charge in [0, 0.05) is 0 Å². The molecule has 0 heterocycles. The minimum atomic E-state index is -1.84. The van der Waals surface area contributed by atoms with Crippen molar-refractivity contribution < 1.29 is 34.5 Å². The van der Waals surface area contributed by atoms with E-state index in [0.29, 0.717) is 0 Å². The first-order chi connectivity index (χ1) is 23.8. The normalized spacial score (nSPS) is 12.0. The van der Waals surface area contributed by atoms with Gasteiger partial charge in [-0.1, -0.05) is 90.9 Å². The van der Waals surface area contributed by atoms with Crippen LogP contribution in [-0.4, -0.2) is 19.7 Å². The Morgan fingerprint density at radius 3 is 0.898 bits per heavy atom. The molecule has 0 aliphatic heterocycles. The summed E-state index contributed by atoms with van der Waals surface area (Å²) in [5.41, 5.74) is 0. The van der Waals surface area contributed by atoms with Crippen molar-refractivity contribution in [3.63, 3.8) is 0 Å². The van der Waals surface area contributed by atoms with Gasteiger partial charge in [-0.25, -0.2) is 0 Å². The molecule has 0 aromatic carbocycles. The summed E-state index contributed by atoms with van der Waals surface area (Å²) in [4.78, 5) is 0. The molecule has 3 nitrogen and oxygen atoms in total. The molecule has 296 valence electrons. The van der Waals surface area contributed by atoms with Gasteiger partial charge in [0.1, 0.15) is 0 Å². The summed E-state index contributed by atoms with van der Waals surface area (Å²) in [5.74, 6) is 0.738. The molecule has 0 aromatic heterocycles. The molecule has 49 heavy (non-hydrogen) atoms. The molecule has 0 fully saturated rings. The standard InChI is InChI=1S/2C18H38N.C8H17O.ClH.Ti/c2*1-2-3-4-5-6-7-8-9-10-11-12-13-14-15-16-17-18-19;1-3-5-6-8(4-2)7-9;;/h2*19H,2-18H2,1H3;8H,3-7H2,1-2H3;1H;/q3*-1;;+4/p-1. The van der Waals surface area contributed by atoms with Crippen molar-refractivity contribution in [1.82, 2.24) is 7.60 Å². The van der Waals surface area contributed by atoms with Crippen LogP contribution in [0.4, 0.5) is 0 Å². The van der Waals surface area contributed by atoms with E-state index in [0.717, 1.165) is 25.6 Å². The van der Waals surface area contributed by atoms with Gasteiger partial charge in [0.2, 0.25) is 0 Å². The van der Waals surface area contributed by atoms with Gasteiger partial charge in [0.25, 0.3) is 0 Å². The molecule has 0 bridgehead atoms. The minimum Gasteiger partial charge on any atom is -1.00 e. The third-order valence-corrected chi connectivity index (χ3v) is 13.1. The van der Waals surface area contributed by atoms with Crippen molar-refractivity contribution in [2.75, 3.05) is 19.7 Å². The van der Waals surface area contributed by atoms with Crippen LogP contribution in [0.1, 0.15) is 259 Å². The van der Waals surface area contributed by atoms with Crippen LogP contribution in [0.25, 0.3) is 0 Å². The summed E-state index contributed by atoms with van der Waals surface area (Å²) in [7, 11) is 0. The van der Waals surface area contributed by atoms with E-state index in [1.54, 1.807) is 0 Å². The second-order valence-corrected chi connectivity index (χ2v) is 18.1. The molecule has 1 unspecified atom stereocenters. The van der Waals surface area contributed by atoms with Crippen LogP contribution in [0.2, 0.25) is 0 Å². The number of hydrogen-bond donors (Lipinski definition) is 2. The maximum atomic E-state index is 6.59. The van der Waals surface area contributed by atoms with Crippen LogP contribution in [0, 0.1) is 5.92 Å². The van der Waals surface area contributed by atoms with E-state index >= 15 is 0 Å². The maximum absolute atomic E-state index is 6.59. The van der Waals surface area contributed by atoms with E-state index in [4.69, 9.17) is 3.32 Å². The average Bonchev–Trinajstić information content (AvgIpc) is 3.10. The molecule has 0 spiro atoms. The fourth-order valence-electron chi connectivity index (χ4n) is 7.01. The molecule has 0 saturated heterocycles. The van der Waals surface area contributed by atoms with Gasteiger partial charge in [-0.05, 0) is 0 Å². The topological polar surface area (TPSA) is 33.3 Å². The van der Waals surface area contributed by atoms with E-state index in [1.165, 1.54) is 231 Å². The molecular weight excluding hydrogens is 656 g/mol. The first-order valence-electron chi connectivity index (χ1n) is 22.8. The van der Waals surface area contributed by atoms with E-state index in [-0.39, 0.29) is 12.4 Å². The molecule has 1 atom stereocenters. The Kier molecular flexibility index (Phi) is 49.8. The number of halogens is 1. The Balaban J connectivity index is 0. The molecule has 0 aliphatic rings. The number of nitrogens with one attached hydrogen (secondary N) is 2. The van der Waals surface area contributed by atoms with E-state index < -0.39 is 18.8 Å². The van der Waals surface area contributed by atoms with Crippen LogP contribution in [0.15, 0.2) is 0 Å². The Labute approximate surface area is 324 Å². The van der Waals surface area contributed by atoms with Crippen molar-refractivity contribution in [3.05, 3.63) is 0 Å². The van der Waals surface area contributed by atoms with Crippen molar-refractivity contribution >= 4 is 0 Å². The van der Waals surface area contributed by atoms with Gasteiger partial charge < -0.3 is 12.4 Å². The fraction of sp³-hybridized carbons (Fsp3) is 1.00. The Bertz CT molecular complexity index is 531. The summed E-state index contributed by atoms with van der Waals surface area (Å²) in [6, 6.07) is 0. The predicted octanol–water partition coefficient (Wildman–Crippen LogP) is 12.3. The number of rotatable bonds is 43. The molecule has 5 heteroatoms. The molecule has 2 N–H and O–H groups in total. The van der Waals surface area contributed by atoms with Crippen LogP contribution in [-0.2, 0) is 22.1 Å². The zero-order chi connectivity index (χ0) is 34.9. The third kappa shape index (κ3) is 43.2. The van der Waals surface area contributed by atoms with Crippen LogP contribution in [0.5, 0.6) is 0 Å². The second kappa shape index (κ2) is 46.9. The van der Waals surface area contributed by atoms with Gasteiger partial charge in [-0.3, -0.25) is 0 Å². The zero-order valence-corrected chi connectivity index (χ0v) is 36.8. The van der Waals surface area contributed by atoms with Crippen LogP contribution < -0.4 is 20.0 Å². The van der Waals surface area contributed by atoms with Crippen LogP contribution in [0.3, 0.4) is 0 Å². The molecule has 0 radical (unpaired) electrons. The summed E-state index contributed by atoms with van der Waals surface area (Å²) >= 11 is -1.84. The SMILES string of the molecule is CCCCCCCCCCCCCCCCCC[NH][Ti+]([NH]CCCCCCCCCCCCCCCCCC)[O]CC(CC)CCCC.[Cl-].